The van der Waals surface area contributed by atoms with Gasteiger partial charge in [-0.15, -0.1) is 6.42 Å². The van der Waals surface area contributed by atoms with Gasteiger partial charge in [-0.05, 0) is 24.3 Å². The molecule has 6 heteroatoms. The molecule has 0 heterocycles. The van der Waals surface area contributed by atoms with Crippen LogP contribution in [-0.4, -0.2) is 10.8 Å². The molecular weight excluding hydrogens is 292 g/mol. The van der Waals surface area contributed by atoms with E-state index in [1.807, 2.05) is 0 Å². The number of amides is 1. The second-order valence-corrected chi connectivity index (χ2v) is 4.51. The molecule has 2 rings (SSSR count). The number of carbonyl (C=O) groups excluding carboxylic acids is 1. The fourth-order valence-corrected chi connectivity index (χ4v) is 1.95. The predicted octanol–water partition coefficient (Wildman–Crippen LogP) is 3.48. The van der Waals surface area contributed by atoms with E-state index in [1.165, 1.54) is 12.1 Å². The lowest BCUT2D eigenvalue weighted by Gasteiger charge is -2.07. The lowest BCUT2D eigenvalue weighted by molar-refractivity contribution is -0.384. The van der Waals surface area contributed by atoms with Gasteiger partial charge < -0.3 is 5.32 Å². The first-order valence-corrected chi connectivity index (χ1v) is 6.21. The lowest BCUT2D eigenvalue weighted by Crippen LogP contribution is -2.12. The number of hydrogen-bond donors (Lipinski definition) is 1. The molecule has 0 spiro atoms. The van der Waals surface area contributed by atoms with E-state index in [0.717, 1.165) is 6.07 Å². The Morgan fingerprint density at radius 1 is 1.29 bits per heavy atom. The zero-order valence-corrected chi connectivity index (χ0v) is 11.4. The third-order valence-corrected chi connectivity index (χ3v) is 3.01. The molecule has 0 unspecified atom stereocenters. The molecule has 0 fully saturated rings. The first-order chi connectivity index (χ1) is 10.0. The average Bonchev–Trinajstić information content (AvgIpc) is 2.47. The standard InChI is InChI=1S/C15H9ClN2O3/c1-2-10-4-3-5-11(8-10)17-15(19)13-7-6-12(18(20)21)9-14(13)16/h1,3-9H,(H,17,19). The molecule has 2 aromatic carbocycles. The summed E-state index contributed by atoms with van der Waals surface area (Å²) in [5.74, 6) is 1.99. The molecule has 0 aliphatic carbocycles. The van der Waals surface area contributed by atoms with Crippen LogP contribution in [0.15, 0.2) is 42.5 Å². The molecule has 0 radical (unpaired) electrons. The Morgan fingerprint density at radius 2 is 2.05 bits per heavy atom. The summed E-state index contributed by atoms with van der Waals surface area (Å²) in [6.07, 6.45) is 5.28. The number of carbonyl (C=O) groups is 1. The molecular formula is C15H9ClN2O3. The van der Waals surface area contributed by atoms with Crippen LogP contribution < -0.4 is 5.32 Å². The van der Waals surface area contributed by atoms with Crippen molar-refractivity contribution in [2.45, 2.75) is 0 Å². The van der Waals surface area contributed by atoms with Gasteiger partial charge in [0.15, 0.2) is 0 Å². The van der Waals surface area contributed by atoms with Crippen LogP contribution >= 0.6 is 11.6 Å². The van der Waals surface area contributed by atoms with Crippen molar-refractivity contribution in [2.24, 2.45) is 0 Å². The second-order valence-electron chi connectivity index (χ2n) is 4.10. The van der Waals surface area contributed by atoms with Crippen molar-refractivity contribution < 1.29 is 9.72 Å². The summed E-state index contributed by atoms with van der Waals surface area (Å²) in [7, 11) is 0. The van der Waals surface area contributed by atoms with Gasteiger partial charge in [-0.1, -0.05) is 23.6 Å². The minimum atomic E-state index is -0.579. The molecule has 0 aromatic heterocycles. The van der Waals surface area contributed by atoms with Crippen LogP contribution in [-0.2, 0) is 0 Å². The minimum Gasteiger partial charge on any atom is -0.322 e. The number of anilines is 1. The highest BCUT2D eigenvalue weighted by Gasteiger charge is 2.15. The summed E-state index contributed by atoms with van der Waals surface area (Å²) in [6, 6.07) is 10.4. The van der Waals surface area contributed by atoms with E-state index in [1.54, 1.807) is 24.3 Å². The maximum absolute atomic E-state index is 12.1. The molecule has 1 amide bonds. The van der Waals surface area contributed by atoms with E-state index in [2.05, 4.69) is 11.2 Å². The Morgan fingerprint density at radius 3 is 2.67 bits per heavy atom. The molecule has 0 bridgehead atoms. The summed E-state index contributed by atoms with van der Waals surface area (Å²) >= 11 is 5.90. The number of nitro benzene ring substituents is 1. The van der Waals surface area contributed by atoms with Crippen molar-refractivity contribution in [1.29, 1.82) is 0 Å². The second kappa shape index (κ2) is 6.07. The number of terminal acetylenes is 1. The van der Waals surface area contributed by atoms with Gasteiger partial charge in [0.1, 0.15) is 0 Å². The SMILES string of the molecule is C#Cc1cccc(NC(=O)c2ccc([N+](=O)[O-])cc2Cl)c1. The third kappa shape index (κ3) is 3.38. The summed E-state index contributed by atoms with van der Waals surface area (Å²) in [4.78, 5) is 22.1. The fourth-order valence-electron chi connectivity index (χ4n) is 1.69. The van der Waals surface area contributed by atoms with Crippen molar-refractivity contribution in [3.05, 3.63) is 68.7 Å². The van der Waals surface area contributed by atoms with Crippen LogP contribution in [0.2, 0.25) is 5.02 Å². The Bertz CT molecular complexity index is 766. The van der Waals surface area contributed by atoms with Crippen LogP contribution in [0.4, 0.5) is 11.4 Å². The normalized spacial score (nSPS) is 9.71. The van der Waals surface area contributed by atoms with Crippen LogP contribution in [0.5, 0.6) is 0 Å². The molecule has 0 saturated carbocycles. The summed E-state index contributed by atoms with van der Waals surface area (Å²) in [5.41, 5.74) is 1.12. The topological polar surface area (TPSA) is 72.2 Å². The quantitative estimate of drug-likeness (QED) is 0.536. The lowest BCUT2D eigenvalue weighted by atomic mass is 10.1. The molecule has 21 heavy (non-hydrogen) atoms. The van der Waals surface area contributed by atoms with E-state index in [4.69, 9.17) is 18.0 Å². The highest BCUT2D eigenvalue weighted by molar-refractivity contribution is 6.34. The third-order valence-electron chi connectivity index (χ3n) is 2.70. The van der Waals surface area contributed by atoms with Crippen molar-refractivity contribution in [1.82, 2.24) is 0 Å². The van der Waals surface area contributed by atoms with Gasteiger partial charge in [0.05, 0.1) is 15.5 Å². The first kappa shape index (κ1) is 14.6. The van der Waals surface area contributed by atoms with E-state index >= 15 is 0 Å². The Hall–Kier alpha value is -2.84. The van der Waals surface area contributed by atoms with Crippen LogP contribution in [0.3, 0.4) is 0 Å². The number of halogens is 1. The number of nitrogens with zero attached hydrogens (tertiary/aromatic N) is 1. The van der Waals surface area contributed by atoms with Gasteiger partial charge >= 0.3 is 0 Å². The molecule has 2 aromatic rings. The predicted molar refractivity (Wildman–Crippen MR) is 80.4 cm³/mol. The van der Waals surface area contributed by atoms with Crippen molar-refractivity contribution >= 4 is 28.9 Å². The highest BCUT2D eigenvalue weighted by Crippen LogP contribution is 2.23. The van der Waals surface area contributed by atoms with Gasteiger partial charge in [-0.25, -0.2) is 0 Å². The fraction of sp³-hybridized carbons (Fsp3) is 0. The van der Waals surface area contributed by atoms with Gasteiger partial charge in [-0.3, -0.25) is 14.9 Å². The molecule has 0 aliphatic heterocycles. The van der Waals surface area contributed by atoms with Gasteiger partial charge in [-0.2, -0.15) is 0 Å². The Balaban J connectivity index is 2.24. The number of hydrogen-bond acceptors (Lipinski definition) is 3. The smallest absolute Gasteiger partial charge is 0.270 e. The van der Waals surface area contributed by atoms with Crippen molar-refractivity contribution in [3.63, 3.8) is 0 Å². The molecule has 0 saturated heterocycles. The van der Waals surface area contributed by atoms with Gasteiger partial charge in [0.25, 0.3) is 11.6 Å². The maximum Gasteiger partial charge on any atom is 0.270 e. The zero-order chi connectivity index (χ0) is 15.4. The Kier molecular flexibility index (Phi) is 4.21. The largest absolute Gasteiger partial charge is 0.322 e. The van der Waals surface area contributed by atoms with Gasteiger partial charge in [0, 0.05) is 23.4 Å². The molecule has 5 nitrogen and oxygen atoms in total. The van der Waals surface area contributed by atoms with Crippen molar-refractivity contribution in [3.8, 4) is 12.3 Å². The minimum absolute atomic E-state index is 0.00908. The van der Waals surface area contributed by atoms with Crippen LogP contribution in [0.1, 0.15) is 15.9 Å². The zero-order valence-electron chi connectivity index (χ0n) is 10.7. The number of rotatable bonds is 3. The highest BCUT2D eigenvalue weighted by atomic mass is 35.5. The van der Waals surface area contributed by atoms with E-state index < -0.39 is 10.8 Å². The van der Waals surface area contributed by atoms with Crippen LogP contribution in [0, 0.1) is 22.5 Å². The molecule has 0 atom stereocenters. The molecule has 0 aliphatic rings. The maximum atomic E-state index is 12.1. The van der Waals surface area contributed by atoms with E-state index in [0.29, 0.717) is 11.3 Å². The number of benzene rings is 2. The van der Waals surface area contributed by atoms with Gasteiger partial charge in [0.2, 0.25) is 0 Å². The number of nitro groups is 1. The van der Waals surface area contributed by atoms with Crippen molar-refractivity contribution in [2.75, 3.05) is 5.32 Å². The average molecular weight is 301 g/mol. The summed E-state index contributed by atoms with van der Waals surface area (Å²) in [5, 5.41) is 13.3. The summed E-state index contributed by atoms with van der Waals surface area (Å²) in [6.45, 7) is 0. The number of non-ortho nitro benzene ring substituents is 1. The van der Waals surface area contributed by atoms with E-state index in [9.17, 15) is 14.9 Å². The monoisotopic (exact) mass is 300 g/mol. The Labute approximate surface area is 125 Å². The van der Waals surface area contributed by atoms with Crippen LogP contribution in [0.25, 0.3) is 0 Å². The molecule has 1 N–H and O–H groups in total. The van der Waals surface area contributed by atoms with E-state index in [-0.39, 0.29) is 16.3 Å². The first-order valence-electron chi connectivity index (χ1n) is 5.83. The number of nitrogens with one attached hydrogen (secondary N) is 1. The molecule has 104 valence electrons. The summed E-state index contributed by atoms with van der Waals surface area (Å²) < 4.78 is 0.